The maximum atomic E-state index is 13.5. The van der Waals surface area contributed by atoms with Gasteiger partial charge in [-0.2, -0.15) is 0 Å². The number of fused-ring (bicyclic) bond motifs is 2. The molecule has 0 bridgehead atoms. The van der Waals surface area contributed by atoms with Gasteiger partial charge < -0.3 is 19.4 Å². The molecular formula is C18H16FN5O3. The lowest BCUT2D eigenvalue weighted by atomic mass is 10.2. The predicted octanol–water partition coefficient (Wildman–Crippen LogP) is 3.45. The van der Waals surface area contributed by atoms with Gasteiger partial charge in [0.2, 0.25) is 5.82 Å². The Morgan fingerprint density at radius 3 is 2.74 bits per heavy atom. The van der Waals surface area contributed by atoms with Crippen LogP contribution in [0, 0.1) is 5.82 Å². The fourth-order valence-electron chi connectivity index (χ4n) is 2.71. The summed E-state index contributed by atoms with van der Waals surface area (Å²) in [5.41, 5.74) is 1.34. The molecule has 3 aromatic heterocycles. The maximum absolute atomic E-state index is 13.5. The molecule has 0 amide bonds. The molecule has 4 aromatic rings. The summed E-state index contributed by atoms with van der Waals surface area (Å²) in [6, 6.07) is 6.01. The van der Waals surface area contributed by atoms with E-state index in [1.807, 2.05) is 25.8 Å². The number of hydrogen-bond donors (Lipinski definition) is 2. The molecule has 0 aliphatic carbocycles. The van der Waals surface area contributed by atoms with Crippen molar-refractivity contribution in [3.05, 3.63) is 35.9 Å². The van der Waals surface area contributed by atoms with E-state index in [0.717, 1.165) is 0 Å². The number of anilines is 1. The number of carbonyl (C=O) groups is 1. The lowest BCUT2D eigenvalue weighted by molar-refractivity contribution is 0.0685. The number of aromatic amines is 1. The van der Waals surface area contributed by atoms with Crippen LogP contribution in [-0.4, -0.2) is 44.1 Å². The molecule has 0 atom stereocenters. The summed E-state index contributed by atoms with van der Waals surface area (Å²) in [6.45, 7) is 3.97. The monoisotopic (exact) mass is 369 g/mol. The molecule has 8 nitrogen and oxygen atoms in total. The number of aromatic carboxylic acids is 1. The van der Waals surface area contributed by atoms with Crippen LogP contribution in [0.5, 0.6) is 0 Å². The number of imidazole rings is 1. The maximum Gasteiger partial charge on any atom is 0.372 e. The Bertz CT molecular complexity index is 1180. The highest BCUT2D eigenvalue weighted by Crippen LogP contribution is 2.33. The van der Waals surface area contributed by atoms with Crippen molar-refractivity contribution >= 4 is 34.1 Å². The van der Waals surface area contributed by atoms with Crippen molar-refractivity contribution in [3.63, 3.8) is 0 Å². The number of carboxylic acid groups (broad SMARTS) is 1. The summed E-state index contributed by atoms with van der Waals surface area (Å²) in [4.78, 5) is 28.7. The number of nitrogens with zero attached hydrogens (tertiary/aromatic N) is 4. The highest BCUT2D eigenvalue weighted by molar-refractivity contribution is 5.89. The van der Waals surface area contributed by atoms with Gasteiger partial charge in [-0.1, -0.05) is 0 Å². The molecule has 9 heteroatoms. The van der Waals surface area contributed by atoms with Crippen molar-refractivity contribution in [2.24, 2.45) is 0 Å². The molecule has 3 heterocycles. The largest absolute Gasteiger partial charge is 0.475 e. The number of carboxylic acids is 1. The molecule has 27 heavy (non-hydrogen) atoms. The van der Waals surface area contributed by atoms with E-state index in [2.05, 4.69) is 19.9 Å². The molecular weight excluding hydrogens is 353 g/mol. The summed E-state index contributed by atoms with van der Waals surface area (Å²) in [7, 11) is 1.85. The Hall–Kier alpha value is -3.49. The van der Waals surface area contributed by atoms with E-state index in [0.29, 0.717) is 28.2 Å². The van der Waals surface area contributed by atoms with Crippen LogP contribution in [0.25, 0.3) is 33.7 Å². The van der Waals surface area contributed by atoms with Crippen LogP contribution in [0.15, 0.2) is 28.7 Å². The lowest BCUT2D eigenvalue weighted by Crippen LogP contribution is -2.27. The Morgan fingerprint density at radius 1 is 1.26 bits per heavy atom. The number of rotatable bonds is 4. The molecule has 0 fully saturated rings. The van der Waals surface area contributed by atoms with Crippen LogP contribution in [0.4, 0.5) is 10.2 Å². The van der Waals surface area contributed by atoms with E-state index < -0.39 is 5.97 Å². The zero-order valence-electron chi connectivity index (χ0n) is 14.8. The highest BCUT2D eigenvalue weighted by Gasteiger charge is 2.22. The number of furan rings is 1. The second-order valence-corrected chi connectivity index (χ2v) is 6.46. The molecule has 1 aromatic carbocycles. The summed E-state index contributed by atoms with van der Waals surface area (Å²) in [5, 5.41) is 9.74. The molecule has 0 unspecified atom stereocenters. The fraction of sp³-hybridized carbons (Fsp3) is 0.222. The van der Waals surface area contributed by atoms with E-state index in [9.17, 15) is 9.18 Å². The third-order valence-electron chi connectivity index (χ3n) is 4.34. The first kappa shape index (κ1) is 17.0. The van der Waals surface area contributed by atoms with Crippen LogP contribution in [0.3, 0.4) is 0 Å². The molecule has 2 N–H and O–H groups in total. The zero-order chi connectivity index (χ0) is 19.3. The van der Waals surface area contributed by atoms with Gasteiger partial charge in [-0.15, -0.1) is 0 Å². The zero-order valence-corrected chi connectivity index (χ0v) is 14.8. The SMILES string of the molecule is CC(C)N(C)c1nc2[nH]c(C(=O)O)nc2nc1-c1cc2cc(F)ccc2o1. The molecule has 0 aliphatic rings. The Labute approximate surface area is 152 Å². The molecule has 0 saturated heterocycles. The third kappa shape index (κ3) is 2.86. The van der Waals surface area contributed by atoms with Gasteiger partial charge in [0.15, 0.2) is 28.6 Å². The molecule has 4 rings (SSSR count). The number of benzene rings is 1. The van der Waals surface area contributed by atoms with Gasteiger partial charge >= 0.3 is 5.97 Å². The van der Waals surface area contributed by atoms with Crippen molar-refractivity contribution < 1.29 is 18.7 Å². The Kier molecular flexibility index (Phi) is 3.79. The number of hydrogen-bond acceptors (Lipinski definition) is 6. The quantitative estimate of drug-likeness (QED) is 0.567. The van der Waals surface area contributed by atoms with E-state index in [1.54, 1.807) is 12.1 Å². The number of halogens is 1. The van der Waals surface area contributed by atoms with Gasteiger partial charge in [0.05, 0.1) is 0 Å². The van der Waals surface area contributed by atoms with Crippen molar-refractivity contribution in [3.8, 4) is 11.5 Å². The molecule has 138 valence electrons. The summed E-state index contributed by atoms with van der Waals surface area (Å²) >= 11 is 0. The van der Waals surface area contributed by atoms with Crippen molar-refractivity contribution in [2.45, 2.75) is 19.9 Å². The van der Waals surface area contributed by atoms with Crippen LogP contribution in [0.2, 0.25) is 0 Å². The second kappa shape index (κ2) is 6.04. The van der Waals surface area contributed by atoms with Crippen molar-refractivity contribution in [1.29, 1.82) is 0 Å². The van der Waals surface area contributed by atoms with Crippen LogP contribution in [-0.2, 0) is 0 Å². The van der Waals surface area contributed by atoms with Crippen LogP contribution < -0.4 is 4.90 Å². The van der Waals surface area contributed by atoms with Crippen molar-refractivity contribution in [2.75, 3.05) is 11.9 Å². The first-order valence-corrected chi connectivity index (χ1v) is 8.27. The molecule has 0 aliphatic heterocycles. The smallest absolute Gasteiger partial charge is 0.372 e. The third-order valence-corrected chi connectivity index (χ3v) is 4.34. The van der Waals surface area contributed by atoms with E-state index in [1.165, 1.54) is 12.1 Å². The molecule has 0 saturated carbocycles. The molecule has 0 spiro atoms. The predicted molar refractivity (Wildman–Crippen MR) is 97.3 cm³/mol. The summed E-state index contributed by atoms with van der Waals surface area (Å²) in [6.07, 6.45) is 0. The molecule has 0 radical (unpaired) electrons. The van der Waals surface area contributed by atoms with Gasteiger partial charge in [-0.3, -0.25) is 0 Å². The second-order valence-electron chi connectivity index (χ2n) is 6.46. The summed E-state index contributed by atoms with van der Waals surface area (Å²) < 4.78 is 19.3. The van der Waals surface area contributed by atoms with Crippen molar-refractivity contribution in [1.82, 2.24) is 19.9 Å². The van der Waals surface area contributed by atoms with Crippen LogP contribution in [0.1, 0.15) is 24.5 Å². The van der Waals surface area contributed by atoms with E-state index >= 15 is 0 Å². The highest BCUT2D eigenvalue weighted by atomic mass is 19.1. The minimum atomic E-state index is -1.20. The van der Waals surface area contributed by atoms with E-state index in [4.69, 9.17) is 9.52 Å². The van der Waals surface area contributed by atoms with Gasteiger partial charge in [-0.05, 0) is 38.1 Å². The minimum Gasteiger partial charge on any atom is -0.475 e. The van der Waals surface area contributed by atoms with Crippen LogP contribution >= 0.6 is 0 Å². The number of nitrogens with one attached hydrogen (secondary N) is 1. The lowest BCUT2D eigenvalue weighted by Gasteiger charge is -2.23. The van der Waals surface area contributed by atoms with Gasteiger partial charge in [0, 0.05) is 18.5 Å². The average molecular weight is 369 g/mol. The van der Waals surface area contributed by atoms with Gasteiger partial charge in [0.1, 0.15) is 11.4 Å². The fourth-order valence-corrected chi connectivity index (χ4v) is 2.71. The first-order valence-electron chi connectivity index (χ1n) is 8.27. The number of H-pyrrole nitrogens is 1. The summed E-state index contributed by atoms with van der Waals surface area (Å²) in [5.74, 6) is -0.916. The topological polar surface area (TPSA) is 108 Å². The normalized spacial score (nSPS) is 11.6. The van der Waals surface area contributed by atoms with Gasteiger partial charge in [0.25, 0.3) is 0 Å². The van der Waals surface area contributed by atoms with E-state index in [-0.39, 0.29) is 29.0 Å². The first-order chi connectivity index (χ1) is 12.8. The van der Waals surface area contributed by atoms with Gasteiger partial charge in [-0.25, -0.2) is 24.1 Å². The Morgan fingerprint density at radius 2 is 2.04 bits per heavy atom. The Balaban J connectivity index is 1.97. The number of aromatic nitrogens is 4. The standard InChI is InChI=1S/C18H16FN5O3/c1-8(2)24(3)17-13(12-7-9-6-10(19)4-5-11(9)27-12)20-14-15(23-17)22-16(21-14)18(25)26/h4-8H,1-3H3,(H,25,26)(H,20,21,22,23). The minimum absolute atomic E-state index is 0.0965. The average Bonchev–Trinajstić information content (AvgIpc) is 3.22.